The number of hydrogen-bond acceptors (Lipinski definition) is 8. The van der Waals surface area contributed by atoms with Crippen LogP contribution in [0.3, 0.4) is 0 Å². The van der Waals surface area contributed by atoms with Crippen molar-refractivity contribution in [3.05, 3.63) is 60.6 Å². The van der Waals surface area contributed by atoms with Gasteiger partial charge in [0.15, 0.2) is 5.03 Å². The quantitative estimate of drug-likeness (QED) is 0.334. The van der Waals surface area contributed by atoms with Gasteiger partial charge in [0.2, 0.25) is 5.91 Å². The van der Waals surface area contributed by atoms with Crippen molar-refractivity contribution in [3.8, 4) is 6.07 Å². The summed E-state index contributed by atoms with van der Waals surface area (Å²) in [5, 5.41) is 9.14. The van der Waals surface area contributed by atoms with Gasteiger partial charge < -0.3 is 23.7 Å². The Morgan fingerprint density at radius 1 is 1.11 bits per heavy atom. The number of nitriles is 1. The van der Waals surface area contributed by atoms with Crippen LogP contribution in [0.5, 0.6) is 0 Å². The SMILES string of the molecule is Cn1cnc(S(=O)(=O)N(CCC(=O)N(Cc2cncn2C)c2ccc(C#N)cc2)CC2CCN(C(=O)OC(C)(C)C)CC2)c1. The van der Waals surface area contributed by atoms with Crippen LogP contribution in [0.25, 0.3) is 0 Å². The van der Waals surface area contributed by atoms with Crippen molar-refractivity contribution in [2.45, 2.75) is 57.2 Å². The van der Waals surface area contributed by atoms with E-state index in [9.17, 15) is 23.3 Å². The molecule has 0 bridgehead atoms. The first-order valence-corrected chi connectivity index (χ1v) is 15.9. The molecular formula is C30H40N8O5S. The Morgan fingerprint density at radius 3 is 2.34 bits per heavy atom. The number of benzene rings is 1. The van der Waals surface area contributed by atoms with Crippen LogP contribution >= 0.6 is 0 Å². The van der Waals surface area contributed by atoms with Gasteiger partial charge in [0, 0.05) is 64.8 Å². The lowest BCUT2D eigenvalue weighted by molar-refractivity contribution is -0.118. The van der Waals surface area contributed by atoms with Crippen molar-refractivity contribution >= 4 is 27.7 Å². The summed E-state index contributed by atoms with van der Waals surface area (Å²) in [7, 11) is -0.483. The van der Waals surface area contributed by atoms with E-state index in [-0.39, 0.29) is 49.0 Å². The standard InChI is InChI=1S/C30H40N8O5S/c1-30(2,3)43-29(40)36-13-10-24(11-14-36)18-37(44(41,42)27-20-34(4)22-33-27)15-12-28(39)38(19-26-17-32-21-35(26)5)25-8-6-23(16-31)7-9-25/h6-9,17,20-22,24H,10-15,18-19H2,1-5H3. The number of imidazole rings is 2. The molecule has 0 N–H and O–H groups in total. The number of likely N-dealkylation sites (tertiary alicyclic amines) is 1. The topological polar surface area (TPSA) is 147 Å². The molecule has 0 saturated carbocycles. The Kier molecular flexibility index (Phi) is 10.1. The fourth-order valence-electron chi connectivity index (χ4n) is 4.97. The van der Waals surface area contributed by atoms with Gasteiger partial charge in [-0.05, 0) is 63.8 Å². The Morgan fingerprint density at radius 2 is 1.80 bits per heavy atom. The number of rotatable bonds is 10. The van der Waals surface area contributed by atoms with Crippen LogP contribution in [-0.4, -0.2) is 80.5 Å². The molecule has 4 rings (SSSR count). The van der Waals surface area contributed by atoms with Gasteiger partial charge in [-0.3, -0.25) is 4.79 Å². The zero-order chi connectivity index (χ0) is 32.1. The second-order valence-corrected chi connectivity index (χ2v) is 13.9. The molecule has 44 heavy (non-hydrogen) atoms. The summed E-state index contributed by atoms with van der Waals surface area (Å²) in [6.45, 7) is 6.71. The van der Waals surface area contributed by atoms with Crippen LogP contribution < -0.4 is 4.90 Å². The highest BCUT2D eigenvalue weighted by molar-refractivity contribution is 7.89. The minimum absolute atomic E-state index is 0.0219. The molecule has 0 aliphatic carbocycles. The van der Waals surface area contributed by atoms with Gasteiger partial charge in [0.1, 0.15) is 5.60 Å². The number of amides is 2. The van der Waals surface area contributed by atoms with E-state index in [1.54, 1.807) is 58.2 Å². The number of aryl methyl sites for hydroxylation is 2. The number of piperidine rings is 1. The predicted octanol–water partition coefficient (Wildman–Crippen LogP) is 3.29. The molecule has 1 fully saturated rings. The van der Waals surface area contributed by atoms with Crippen molar-refractivity contribution < 1.29 is 22.7 Å². The molecule has 13 nitrogen and oxygen atoms in total. The van der Waals surface area contributed by atoms with Crippen molar-refractivity contribution in [2.75, 3.05) is 31.1 Å². The maximum atomic E-state index is 13.8. The molecule has 14 heteroatoms. The molecule has 1 aliphatic heterocycles. The lowest BCUT2D eigenvalue weighted by Gasteiger charge is -2.35. The van der Waals surface area contributed by atoms with E-state index < -0.39 is 15.6 Å². The Hall–Kier alpha value is -4.22. The van der Waals surface area contributed by atoms with Crippen LogP contribution in [0.15, 0.2) is 54.3 Å². The van der Waals surface area contributed by atoms with Crippen LogP contribution in [0.2, 0.25) is 0 Å². The molecule has 2 amide bonds. The van der Waals surface area contributed by atoms with Crippen LogP contribution in [0.1, 0.15) is 51.3 Å². The second-order valence-electron chi connectivity index (χ2n) is 12.0. The summed E-state index contributed by atoms with van der Waals surface area (Å²) < 4.78 is 37.7. The molecule has 1 aliphatic rings. The number of anilines is 1. The summed E-state index contributed by atoms with van der Waals surface area (Å²) in [4.78, 5) is 37.8. The van der Waals surface area contributed by atoms with Crippen molar-refractivity contribution in [3.63, 3.8) is 0 Å². The number of ether oxygens (including phenoxy) is 1. The molecule has 3 heterocycles. The van der Waals surface area contributed by atoms with E-state index in [2.05, 4.69) is 16.0 Å². The van der Waals surface area contributed by atoms with Crippen LogP contribution in [0.4, 0.5) is 10.5 Å². The summed E-state index contributed by atoms with van der Waals surface area (Å²) in [5.41, 5.74) is 1.24. The fourth-order valence-corrected chi connectivity index (χ4v) is 6.45. The molecule has 0 radical (unpaired) electrons. The largest absolute Gasteiger partial charge is 0.444 e. The smallest absolute Gasteiger partial charge is 0.410 e. The summed E-state index contributed by atoms with van der Waals surface area (Å²) >= 11 is 0. The third-order valence-electron chi connectivity index (χ3n) is 7.43. The summed E-state index contributed by atoms with van der Waals surface area (Å²) in [6.07, 6.45) is 6.92. The lowest BCUT2D eigenvalue weighted by Crippen LogP contribution is -2.45. The van der Waals surface area contributed by atoms with Gasteiger partial charge in [0.25, 0.3) is 10.0 Å². The Labute approximate surface area is 258 Å². The van der Waals surface area contributed by atoms with E-state index in [0.29, 0.717) is 37.2 Å². The van der Waals surface area contributed by atoms with Gasteiger partial charge >= 0.3 is 6.09 Å². The number of aromatic nitrogens is 4. The number of nitrogens with zero attached hydrogens (tertiary/aromatic N) is 8. The van der Waals surface area contributed by atoms with Crippen molar-refractivity contribution in [1.29, 1.82) is 5.26 Å². The summed E-state index contributed by atoms with van der Waals surface area (Å²) in [6, 6.07) is 8.76. The first-order chi connectivity index (χ1) is 20.8. The molecule has 1 saturated heterocycles. The molecule has 1 aromatic carbocycles. The Balaban J connectivity index is 1.51. The van der Waals surface area contributed by atoms with Crippen molar-refractivity contribution in [2.24, 2.45) is 20.0 Å². The maximum Gasteiger partial charge on any atom is 0.410 e. The summed E-state index contributed by atoms with van der Waals surface area (Å²) in [5.74, 6) is -0.303. The highest BCUT2D eigenvalue weighted by atomic mass is 32.2. The number of sulfonamides is 1. The average molecular weight is 625 g/mol. The normalized spacial score (nSPS) is 14.4. The first-order valence-electron chi connectivity index (χ1n) is 14.5. The van der Waals surface area contributed by atoms with Gasteiger partial charge in [-0.25, -0.2) is 23.2 Å². The van der Waals surface area contributed by atoms with E-state index in [4.69, 9.17) is 4.74 Å². The molecular weight excluding hydrogens is 584 g/mol. The number of carbonyl (C=O) groups is 2. The minimum Gasteiger partial charge on any atom is -0.444 e. The monoisotopic (exact) mass is 624 g/mol. The molecule has 3 aromatic rings. The minimum atomic E-state index is -4.01. The predicted molar refractivity (Wildman–Crippen MR) is 163 cm³/mol. The third kappa shape index (κ3) is 8.23. The van der Waals surface area contributed by atoms with E-state index in [1.807, 2.05) is 32.4 Å². The van der Waals surface area contributed by atoms with Crippen molar-refractivity contribution in [1.82, 2.24) is 28.3 Å². The van der Waals surface area contributed by atoms with Crippen LogP contribution in [-0.2, 0) is 40.2 Å². The molecule has 0 unspecified atom stereocenters. The average Bonchev–Trinajstić information content (AvgIpc) is 3.61. The third-order valence-corrected chi connectivity index (χ3v) is 9.19. The number of carbonyl (C=O) groups excluding carboxylic acids is 2. The molecule has 236 valence electrons. The van der Waals surface area contributed by atoms with E-state index in [1.165, 1.54) is 16.8 Å². The lowest BCUT2D eigenvalue weighted by atomic mass is 9.97. The van der Waals surface area contributed by atoms with Gasteiger partial charge in [-0.1, -0.05) is 0 Å². The van der Waals surface area contributed by atoms with Gasteiger partial charge in [-0.2, -0.15) is 9.57 Å². The zero-order valence-corrected chi connectivity index (χ0v) is 26.7. The van der Waals surface area contributed by atoms with Gasteiger partial charge in [0.05, 0.1) is 36.5 Å². The molecule has 0 atom stereocenters. The molecule has 0 spiro atoms. The van der Waals surface area contributed by atoms with E-state index >= 15 is 0 Å². The highest BCUT2D eigenvalue weighted by Gasteiger charge is 2.33. The zero-order valence-electron chi connectivity index (χ0n) is 25.9. The second kappa shape index (κ2) is 13.6. The maximum absolute atomic E-state index is 13.8. The fraction of sp³-hybridized carbons (Fsp3) is 0.500. The highest BCUT2D eigenvalue weighted by Crippen LogP contribution is 2.25. The van der Waals surface area contributed by atoms with E-state index in [0.717, 1.165) is 5.69 Å². The Bertz CT molecular complexity index is 1590. The van der Waals surface area contributed by atoms with Gasteiger partial charge in [-0.15, -0.1) is 0 Å². The molecule has 2 aromatic heterocycles. The number of hydrogen-bond donors (Lipinski definition) is 0. The van der Waals surface area contributed by atoms with Crippen LogP contribution in [0, 0.1) is 17.2 Å². The first kappa shape index (κ1) is 32.7.